The van der Waals surface area contributed by atoms with Crippen LogP contribution >= 0.6 is 24.0 Å². The van der Waals surface area contributed by atoms with Gasteiger partial charge in [0.25, 0.3) is 0 Å². The van der Waals surface area contributed by atoms with E-state index >= 15 is 0 Å². The van der Waals surface area contributed by atoms with E-state index in [1.54, 1.807) is 13.2 Å². The molecule has 3 nitrogen and oxygen atoms in total. The summed E-state index contributed by atoms with van der Waals surface area (Å²) in [7, 11) is 1.61. The largest absolute Gasteiger partial charge is 0.493 e. The Bertz CT molecular complexity index is 633. The van der Waals surface area contributed by atoms with E-state index in [-0.39, 0.29) is 12.4 Å². The molecule has 0 spiro atoms. The number of rotatable bonds is 9. The van der Waals surface area contributed by atoms with E-state index in [0.29, 0.717) is 23.1 Å². The predicted molar refractivity (Wildman–Crippen MR) is 103 cm³/mol. The summed E-state index contributed by atoms with van der Waals surface area (Å²) in [5.74, 6) is 1.20. The summed E-state index contributed by atoms with van der Waals surface area (Å²) in [6.07, 6.45) is 2.67. The average Bonchev–Trinajstić information content (AvgIpc) is 2.58. The molecule has 1 N–H and O–H groups in total. The van der Waals surface area contributed by atoms with Crippen molar-refractivity contribution >= 4 is 24.0 Å². The SMILES string of the molecule is C=CCOc1c(Cl)cc(CNCCc2ccccc2)cc1OC.Cl. The predicted octanol–water partition coefficient (Wildman–Crippen LogP) is 4.67. The van der Waals surface area contributed by atoms with Crippen LogP contribution in [-0.2, 0) is 13.0 Å². The summed E-state index contributed by atoms with van der Waals surface area (Å²) in [5.41, 5.74) is 2.38. The number of benzene rings is 2. The zero-order valence-electron chi connectivity index (χ0n) is 13.8. The topological polar surface area (TPSA) is 30.5 Å². The fraction of sp³-hybridized carbons (Fsp3) is 0.263. The number of halogens is 2. The smallest absolute Gasteiger partial charge is 0.180 e. The van der Waals surface area contributed by atoms with Crippen LogP contribution in [0.2, 0.25) is 5.02 Å². The third-order valence-corrected chi connectivity index (χ3v) is 3.68. The minimum Gasteiger partial charge on any atom is -0.493 e. The Labute approximate surface area is 155 Å². The molecule has 2 aromatic rings. The molecule has 0 atom stereocenters. The molecule has 0 unspecified atom stereocenters. The quantitative estimate of drug-likeness (QED) is 0.516. The van der Waals surface area contributed by atoms with Gasteiger partial charge in [-0.1, -0.05) is 54.6 Å². The van der Waals surface area contributed by atoms with Gasteiger partial charge in [0, 0.05) is 6.54 Å². The van der Waals surface area contributed by atoms with Crippen LogP contribution in [0.1, 0.15) is 11.1 Å². The number of methoxy groups -OCH3 is 1. The molecule has 0 aliphatic heterocycles. The van der Waals surface area contributed by atoms with Gasteiger partial charge in [0.15, 0.2) is 11.5 Å². The van der Waals surface area contributed by atoms with Crippen LogP contribution in [0, 0.1) is 0 Å². The lowest BCUT2D eigenvalue weighted by molar-refractivity contribution is 0.326. The summed E-state index contributed by atoms with van der Waals surface area (Å²) in [6, 6.07) is 14.3. The maximum atomic E-state index is 6.29. The molecule has 0 amide bonds. The molecule has 5 heteroatoms. The lowest BCUT2D eigenvalue weighted by atomic mass is 10.1. The molecule has 0 bridgehead atoms. The van der Waals surface area contributed by atoms with Crippen LogP contribution in [0.4, 0.5) is 0 Å². The molecule has 24 heavy (non-hydrogen) atoms. The van der Waals surface area contributed by atoms with Gasteiger partial charge in [0.2, 0.25) is 0 Å². The van der Waals surface area contributed by atoms with Crippen molar-refractivity contribution in [1.29, 1.82) is 0 Å². The summed E-state index contributed by atoms with van der Waals surface area (Å²) in [4.78, 5) is 0. The standard InChI is InChI=1S/C19H22ClNO2.ClH/c1-3-11-23-19-17(20)12-16(13-18(19)22-2)14-21-10-9-15-7-5-4-6-8-15;/h3-8,12-13,21H,1,9-11,14H2,2H3;1H. The monoisotopic (exact) mass is 367 g/mol. The molecule has 0 aliphatic rings. The average molecular weight is 368 g/mol. The maximum Gasteiger partial charge on any atom is 0.180 e. The lowest BCUT2D eigenvalue weighted by Gasteiger charge is -2.13. The first kappa shape index (κ1) is 20.4. The van der Waals surface area contributed by atoms with Gasteiger partial charge in [-0.3, -0.25) is 0 Å². The molecule has 0 saturated heterocycles. The highest BCUT2D eigenvalue weighted by Gasteiger charge is 2.11. The van der Waals surface area contributed by atoms with Crippen molar-refractivity contribution in [2.24, 2.45) is 0 Å². The highest BCUT2D eigenvalue weighted by Crippen LogP contribution is 2.36. The van der Waals surface area contributed by atoms with E-state index in [1.165, 1.54) is 5.56 Å². The van der Waals surface area contributed by atoms with Gasteiger partial charge in [0.05, 0.1) is 12.1 Å². The second kappa shape index (κ2) is 11.0. The van der Waals surface area contributed by atoms with Crippen molar-refractivity contribution in [3.05, 3.63) is 71.3 Å². The van der Waals surface area contributed by atoms with Crippen molar-refractivity contribution in [1.82, 2.24) is 5.32 Å². The molecule has 2 rings (SSSR count). The lowest BCUT2D eigenvalue weighted by Crippen LogP contribution is -2.16. The second-order valence-corrected chi connectivity index (χ2v) is 5.53. The Hall–Kier alpha value is -1.68. The number of hydrogen-bond donors (Lipinski definition) is 1. The first-order chi connectivity index (χ1) is 11.2. The summed E-state index contributed by atoms with van der Waals surface area (Å²) in [6.45, 7) is 5.66. The number of hydrogen-bond acceptors (Lipinski definition) is 3. The summed E-state index contributed by atoms with van der Waals surface area (Å²) >= 11 is 6.29. The molecule has 0 radical (unpaired) electrons. The van der Waals surface area contributed by atoms with Crippen molar-refractivity contribution in [3.8, 4) is 11.5 Å². The number of nitrogens with one attached hydrogen (secondary N) is 1. The van der Waals surface area contributed by atoms with Gasteiger partial charge >= 0.3 is 0 Å². The molecule has 2 aromatic carbocycles. The Morgan fingerprint density at radius 3 is 2.58 bits per heavy atom. The second-order valence-electron chi connectivity index (χ2n) is 5.12. The van der Waals surface area contributed by atoms with Crippen LogP contribution in [0.3, 0.4) is 0 Å². The van der Waals surface area contributed by atoms with E-state index in [2.05, 4.69) is 36.2 Å². The van der Waals surface area contributed by atoms with Gasteiger partial charge in [-0.15, -0.1) is 12.4 Å². The molecule has 0 aliphatic carbocycles. The molecule has 0 heterocycles. The summed E-state index contributed by atoms with van der Waals surface area (Å²) in [5, 5.41) is 3.97. The highest BCUT2D eigenvalue weighted by atomic mass is 35.5. The molecule has 0 aromatic heterocycles. The van der Waals surface area contributed by atoms with Gasteiger partial charge < -0.3 is 14.8 Å². The molecule has 0 fully saturated rings. The fourth-order valence-corrected chi connectivity index (χ4v) is 2.56. The number of ether oxygens (including phenoxy) is 2. The van der Waals surface area contributed by atoms with Crippen LogP contribution in [0.5, 0.6) is 11.5 Å². The Kier molecular flexibility index (Phi) is 9.31. The first-order valence-corrected chi connectivity index (χ1v) is 7.97. The Morgan fingerprint density at radius 1 is 1.17 bits per heavy atom. The first-order valence-electron chi connectivity index (χ1n) is 7.59. The fourth-order valence-electron chi connectivity index (χ4n) is 2.27. The highest BCUT2D eigenvalue weighted by molar-refractivity contribution is 6.32. The van der Waals surface area contributed by atoms with Gasteiger partial charge in [0.1, 0.15) is 6.61 Å². The van der Waals surface area contributed by atoms with Gasteiger partial charge in [-0.05, 0) is 36.2 Å². The minimum atomic E-state index is 0. The van der Waals surface area contributed by atoms with Crippen LogP contribution < -0.4 is 14.8 Å². The molecular weight excluding hydrogens is 345 g/mol. The van der Waals surface area contributed by atoms with Crippen LogP contribution in [-0.4, -0.2) is 20.3 Å². The maximum absolute atomic E-state index is 6.29. The van der Waals surface area contributed by atoms with Gasteiger partial charge in [-0.2, -0.15) is 0 Å². The molecular formula is C19H23Cl2NO2. The van der Waals surface area contributed by atoms with E-state index in [0.717, 1.165) is 25.1 Å². The van der Waals surface area contributed by atoms with E-state index in [9.17, 15) is 0 Å². The minimum absolute atomic E-state index is 0. The van der Waals surface area contributed by atoms with Crippen molar-refractivity contribution in [3.63, 3.8) is 0 Å². The van der Waals surface area contributed by atoms with Crippen molar-refractivity contribution in [2.45, 2.75) is 13.0 Å². The zero-order valence-corrected chi connectivity index (χ0v) is 15.3. The van der Waals surface area contributed by atoms with E-state index in [4.69, 9.17) is 21.1 Å². The van der Waals surface area contributed by atoms with Crippen molar-refractivity contribution < 1.29 is 9.47 Å². The summed E-state index contributed by atoms with van der Waals surface area (Å²) < 4.78 is 10.9. The van der Waals surface area contributed by atoms with Crippen LogP contribution in [0.15, 0.2) is 55.1 Å². The zero-order chi connectivity index (χ0) is 16.5. The van der Waals surface area contributed by atoms with E-state index < -0.39 is 0 Å². The Balaban J connectivity index is 0.00000288. The molecule has 0 saturated carbocycles. The Morgan fingerprint density at radius 2 is 1.92 bits per heavy atom. The van der Waals surface area contributed by atoms with Crippen LogP contribution in [0.25, 0.3) is 0 Å². The third kappa shape index (κ3) is 6.08. The molecule has 130 valence electrons. The van der Waals surface area contributed by atoms with Gasteiger partial charge in [-0.25, -0.2) is 0 Å². The van der Waals surface area contributed by atoms with E-state index in [1.807, 2.05) is 18.2 Å². The normalized spacial score (nSPS) is 9.92. The van der Waals surface area contributed by atoms with Crippen molar-refractivity contribution in [2.75, 3.05) is 20.3 Å². The third-order valence-electron chi connectivity index (χ3n) is 3.40.